The normalized spacial score (nSPS) is 11.6. The summed E-state index contributed by atoms with van der Waals surface area (Å²) in [7, 11) is 0. The first kappa shape index (κ1) is 25.5. The van der Waals surface area contributed by atoms with Gasteiger partial charge >= 0.3 is 0 Å². The van der Waals surface area contributed by atoms with Gasteiger partial charge in [0, 0.05) is 0 Å². The monoisotopic (exact) mass is 366 g/mol. The zero-order valence-corrected chi connectivity index (χ0v) is 18.2. The molecule has 1 nitrogen and oxygen atoms in total. The summed E-state index contributed by atoms with van der Waals surface area (Å²) in [5, 5.41) is 8.55. The van der Waals surface area contributed by atoms with E-state index in [0.717, 1.165) is 6.42 Å². The van der Waals surface area contributed by atoms with Gasteiger partial charge in [-0.1, -0.05) is 141 Å². The average Bonchev–Trinajstić information content (AvgIpc) is 2.66. The molecule has 0 saturated carbocycles. The Labute approximate surface area is 166 Å². The van der Waals surface area contributed by atoms with Crippen molar-refractivity contribution in [2.24, 2.45) is 0 Å². The highest BCUT2D eigenvalue weighted by Crippen LogP contribution is 2.15. The maximum absolute atomic E-state index is 8.55. The van der Waals surface area contributed by atoms with Crippen LogP contribution in [0.25, 0.3) is 0 Å². The zero-order valence-electron chi connectivity index (χ0n) is 18.2. The molecule has 0 amide bonds. The molecule has 0 radical (unpaired) electrons. The maximum atomic E-state index is 8.55. The van der Waals surface area contributed by atoms with Crippen LogP contribution in [0.4, 0.5) is 0 Å². The molecule has 26 heavy (non-hydrogen) atoms. The minimum atomic E-state index is 1.04. The minimum absolute atomic E-state index is 1.04. The largest absolute Gasteiger partial charge is 0.516 e. The van der Waals surface area contributed by atoms with Crippen LogP contribution >= 0.6 is 0 Å². The number of unbranched alkanes of at least 4 members (excludes halogenated alkanes) is 21. The van der Waals surface area contributed by atoms with Crippen LogP contribution in [0.3, 0.4) is 0 Å². The molecule has 0 unspecified atom stereocenters. The second kappa shape index (κ2) is 24.5. The number of aliphatic hydroxyl groups excluding tert-OH is 1. The van der Waals surface area contributed by atoms with Crippen molar-refractivity contribution in [1.29, 1.82) is 0 Å². The van der Waals surface area contributed by atoms with Crippen LogP contribution in [0.5, 0.6) is 0 Å². The van der Waals surface area contributed by atoms with Gasteiger partial charge in [-0.3, -0.25) is 0 Å². The fourth-order valence-electron chi connectivity index (χ4n) is 3.77. The van der Waals surface area contributed by atoms with E-state index in [2.05, 4.69) is 6.92 Å². The second-order valence-corrected chi connectivity index (χ2v) is 8.24. The Kier molecular flexibility index (Phi) is 24.1. The standard InChI is InChI=1S/C25H50O/c1-2-3-4-5-6-7-8-9-10-11-12-13-14-15-16-17-18-19-20-21-22-23-24-25-26/h24-26H,2-23H2,1H3. The van der Waals surface area contributed by atoms with Crippen LogP contribution in [0.1, 0.15) is 148 Å². The number of allylic oxidation sites excluding steroid dienone is 1. The van der Waals surface area contributed by atoms with Crippen molar-refractivity contribution in [2.75, 3.05) is 0 Å². The van der Waals surface area contributed by atoms with Gasteiger partial charge in [0.05, 0.1) is 6.26 Å². The van der Waals surface area contributed by atoms with E-state index in [9.17, 15) is 0 Å². The van der Waals surface area contributed by atoms with E-state index in [1.807, 2.05) is 6.08 Å². The van der Waals surface area contributed by atoms with Gasteiger partial charge in [0.1, 0.15) is 0 Å². The Bertz CT molecular complexity index is 259. The number of hydrogen-bond donors (Lipinski definition) is 1. The fraction of sp³-hybridized carbons (Fsp3) is 0.920. The predicted octanol–water partition coefficient (Wildman–Crippen LogP) is 9.66. The molecule has 0 aromatic carbocycles. The van der Waals surface area contributed by atoms with E-state index in [-0.39, 0.29) is 0 Å². The fourth-order valence-corrected chi connectivity index (χ4v) is 3.77. The van der Waals surface area contributed by atoms with E-state index in [1.165, 1.54) is 141 Å². The Hall–Kier alpha value is -0.460. The van der Waals surface area contributed by atoms with Gasteiger partial charge in [-0.05, 0) is 12.8 Å². The Morgan fingerprint density at radius 1 is 0.423 bits per heavy atom. The molecule has 0 fully saturated rings. The van der Waals surface area contributed by atoms with E-state index in [1.54, 1.807) is 0 Å². The molecule has 0 aliphatic heterocycles. The molecule has 0 saturated heterocycles. The highest BCUT2D eigenvalue weighted by molar-refractivity contribution is 4.70. The van der Waals surface area contributed by atoms with Crippen LogP contribution < -0.4 is 0 Å². The molecule has 0 spiro atoms. The zero-order chi connectivity index (χ0) is 19.0. The van der Waals surface area contributed by atoms with Crippen molar-refractivity contribution in [3.8, 4) is 0 Å². The molecule has 0 aliphatic rings. The third-order valence-electron chi connectivity index (χ3n) is 5.58. The van der Waals surface area contributed by atoms with Gasteiger partial charge in [0.15, 0.2) is 0 Å². The summed E-state index contributed by atoms with van der Waals surface area (Å²) in [6.45, 7) is 2.30. The third-order valence-corrected chi connectivity index (χ3v) is 5.58. The summed E-state index contributed by atoms with van der Waals surface area (Å²) in [5.41, 5.74) is 0. The van der Waals surface area contributed by atoms with Gasteiger partial charge in [0.2, 0.25) is 0 Å². The van der Waals surface area contributed by atoms with E-state index >= 15 is 0 Å². The molecule has 0 aliphatic carbocycles. The van der Waals surface area contributed by atoms with Gasteiger partial charge < -0.3 is 5.11 Å². The lowest BCUT2D eigenvalue weighted by atomic mass is 10.0. The van der Waals surface area contributed by atoms with Crippen molar-refractivity contribution in [3.05, 3.63) is 12.3 Å². The minimum Gasteiger partial charge on any atom is -0.516 e. The van der Waals surface area contributed by atoms with Gasteiger partial charge in [-0.2, -0.15) is 0 Å². The van der Waals surface area contributed by atoms with Crippen molar-refractivity contribution < 1.29 is 5.11 Å². The first-order valence-electron chi connectivity index (χ1n) is 12.2. The molecular formula is C25H50O. The summed E-state index contributed by atoms with van der Waals surface area (Å²) in [4.78, 5) is 0. The average molecular weight is 367 g/mol. The van der Waals surface area contributed by atoms with Crippen LogP contribution in [-0.2, 0) is 0 Å². The number of rotatable bonds is 22. The summed E-state index contributed by atoms with van der Waals surface area (Å²) < 4.78 is 0. The van der Waals surface area contributed by atoms with E-state index in [0.29, 0.717) is 0 Å². The topological polar surface area (TPSA) is 20.2 Å². The second-order valence-electron chi connectivity index (χ2n) is 8.24. The maximum Gasteiger partial charge on any atom is 0.0751 e. The van der Waals surface area contributed by atoms with Crippen LogP contribution in [0.15, 0.2) is 12.3 Å². The molecular weight excluding hydrogens is 316 g/mol. The van der Waals surface area contributed by atoms with Crippen molar-refractivity contribution in [2.45, 2.75) is 148 Å². The molecule has 0 atom stereocenters. The molecule has 0 bridgehead atoms. The molecule has 156 valence electrons. The summed E-state index contributed by atoms with van der Waals surface area (Å²) in [6, 6.07) is 0. The quantitative estimate of drug-likeness (QED) is 0.149. The van der Waals surface area contributed by atoms with Crippen LogP contribution in [0, 0.1) is 0 Å². The van der Waals surface area contributed by atoms with Crippen molar-refractivity contribution >= 4 is 0 Å². The lowest BCUT2D eigenvalue weighted by Crippen LogP contribution is -1.84. The van der Waals surface area contributed by atoms with Crippen LogP contribution in [-0.4, -0.2) is 5.11 Å². The summed E-state index contributed by atoms with van der Waals surface area (Å²) in [5.74, 6) is 0. The first-order chi connectivity index (χ1) is 12.9. The van der Waals surface area contributed by atoms with Gasteiger partial charge in [-0.15, -0.1) is 0 Å². The van der Waals surface area contributed by atoms with Crippen molar-refractivity contribution in [3.63, 3.8) is 0 Å². The van der Waals surface area contributed by atoms with E-state index < -0.39 is 0 Å². The molecule has 1 heteroatoms. The Morgan fingerprint density at radius 2 is 0.692 bits per heavy atom. The lowest BCUT2D eigenvalue weighted by molar-refractivity contribution is 0.469. The van der Waals surface area contributed by atoms with Crippen LogP contribution in [0.2, 0.25) is 0 Å². The SMILES string of the molecule is CCCCCCCCCCCCCCCCCCCCCCCC=CO. The highest BCUT2D eigenvalue weighted by atomic mass is 16.2. The van der Waals surface area contributed by atoms with Gasteiger partial charge in [0.25, 0.3) is 0 Å². The number of hydrogen-bond acceptors (Lipinski definition) is 1. The Morgan fingerprint density at radius 3 is 0.962 bits per heavy atom. The summed E-state index contributed by atoms with van der Waals surface area (Å²) >= 11 is 0. The predicted molar refractivity (Wildman–Crippen MR) is 119 cm³/mol. The Balaban J connectivity index is 2.97. The van der Waals surface area contributed by atoms with Crippen molar-refractivity contribution in [1.82, 2.24) is 0 Å². The third kappa shape index (κ3) is 23.5. The summed E-state index contributed by atoms with van der Waals surface area (Å²) in [6.07, 6.45) is 34.2. The first-order valence-corrected chi connectivity index (χ1v) is 12.2. The van der Waals surface area contributed by atoms with Gasteiger partial charge in [-0.25, -0.2) is 0 Å². The molecule has 0 aromatic heterocycles. The molecule has 0 aromatic rings. The molecule has 0 heterocycles. The molecule has 1 N–H and O–H groups in total. The smallest absolute Gasteiger partial charge is 0.0751 e. The number of aliphatic hydroxyl groups is 1. The molecule has 0 rings (SSSR count). The van der Waals surface area contributed by atoms with E-state index in [4.69, 9.17) is 5.11 Å². The lowest BCUT2D eigenvalue weighted by Gasteiger charge is -2.04. The highest BCUT2D eigenvalue weighted by Gasteiger charge is 1.95.